The van der Waals surface area contributed by atoms with Crippen LogP contribution in [0.4, 0.5) is 10.2 Å². The largest absolute Gasteiger partial charge is 0.482 e. The van der Waals surface area contributed by atoms with Crippen LogP contribution in [0.3, 0.4) is 0 Å². The van der Waals surface area contributed by atoms with Gasteiger partial charge < -0.3 is 10.5 Å². The number of aromatic nitrogens is 6. The quantitative estimate of drug-likeness (QED) is 0.490. The summed E-state index contributed by atoms with van der Waals surface area (Å²) in [4.78, 5) is 5.56. The fraction of sp³-hybridized carbons (Fsp3) is 0.273. The van der Waals surface area contributed by atoms with Crippen molar-refractivity contribution in [2.75, 3.05) is 5.73 Å². The number of hydrogen-bond donors (Lipinski definition) is 1. The third kappa shape index (κ3) is 4.40. The van der Waals surface area contributed by atoms with Gasteiger partial charge in [-0.15, -0.1) is 0 Å². The Hall–Kier alpha value is -3.75. The highest BCUT2D eigenvalue weighted by atomic mass is 19.1. The van der Waals surface area contributed by atoms with Gasteiger partial charge in [-0.3, -0.25) is 4.68 Å². The molecule has 0 amide bonds. The molecule has 4 aromatic rings. The molecular formula is C22H24FN7O. The van der Waals surface area contributed by atoms with Crippen molar-refractivity contribution in [1.82, 2.24) is 29.8 Å². The molecule has 1 atom stereocenters. The molecule has 0 aliphatic rings. The van der Waals surface area contributed by atoms with E-state index in [1.165, 1.54) is 16.9 Å². The number of benzene rings is 1. The molecule has 0 aliphatic heterocycles. The molecule has 1 aromatic carbocycles. The lowest BCUT2D eigenvalue weighted by Crippen LogP contribution is -2.08. The summed E-state index contributed by atoms with van der Waals surface area (Å²) in [5.41, 5.74) is 9.79. The third-order valence-electron chi connectivity index (χ3n) is 4.98. The molecule has 0 radical (unpaired) electrons. The standard InChI is InChI=1S/C22H24FN7O/c1-4-30-13-15(12-26-30)10-19-21(28-29(3)27-19)17-8-7-16(23)11-18(17)14(2)31-20-6-5-9-25-22(20)24/h5-9,11-14H,4,10H2,1-3H3,(H2,24,25)/t14-/m1/s1. The average Bonchev–Trinajstić information content (AvgIpc) is 3.36. The summed E-state index contributed by atoms with van der Waals surface area (Å²) in [5, 5.41) is 13.4. The highest BCUT2D eigenvalue weighted by Crippen LogP contribution is 2.33. The van der Waals surface area contributed by atoms with E-state index in [-0.39, 0.29) is 11.6 Å². The monoisotopic (exact) mass is 421 g/mol. The maximum atomic E-state index is 14.2. The normalized spacial score (nSPS) is 12.1. The maximum absolute atomic E-state index is 14.2. The van der Waals surface area contributed by atoms with Crippen LogP contribution >= 0.6 is 0 Å². The van der Waals surface area contributed by atoms with Gasteiger partial charge in [0.1, 0.15) is 17.6 Å². The van der Waals surface area contributed by atoms with Crippen LogP contribution in [0.25, 0.3) is 11.3 Å². The molecule has 8 nitrogen and oxygen atoms in total. The van der Waals surface area contributed by atoms with Crippen LogP contribution in [0.15, 0.2) is 48.9 Å². The van der Waals surface area contributed by atoms with Gasteiger partial charge in [0.15, 0.2) is 11.6 Å². The first kappa shape index (κ1) is 20.5. The van der Waals surface area contributed by atoms with E-state index < -0.39 is 6.10 Å². The highest BCUT2D eigenvalue weighted by molar-refractivity contribution is 5.66. The van der Waals surface area contributed by atoms with Gasteiger partial charge in [0.2, 0.25) is 0 Å². The minimum atomic E-state index is -0.491. The van der Waals surface area contributed by atoms with E-state index in [0.29, 0.717) is 23.4 Å². The van der Waals surface area contributed by atoms with Crippen LogP contribution < -0.4 is 10.5 Å². The summed E-state index contributed by atoms with van der Waals surface area (Å²) in [6, 6.07) is 8.05. The Morgan fingerprint density at radius 1 is 1.23 bits per heavy atom. The second kappa shape index (κ2) is 8.55. The summed E-state index contributed by atoms with van der Waals surface area (Å²) in [6.07, 6.45) is 5.47. The minimum absolute atomic E-state index is 0.278. The Morgan fingerprint density at radius 3 is 2.81 bits per heavy atom. The second-order valence-corrected chi connectivity index (χ2v) is 7.24. The molecule has 31 heavy (non-hydrogen) atoms. The number of hydrogen-bond acceptors (Lipinski definition) is 6. The van der Waals surface area contributed by atoms with Gasteiger partial charge in [-0.25, -0.2) is 9.37 Å². The number of aryl methyl sites for hydroxylation is 2. The van der Waals surface area contributed by atoms with Crippen LogP contribution in [-0.2, 0) is 20.0 Å². The van der Waals surface area contributed by atoms with Crippen molar-refractivity contribution in [3.05, 3.63) is 71.6 Å². The van der Waals surface area contributed by atoms with E-state index >= 15 is 0 Å². The van der Waals surface area contributed by atoms with Crippen LogP contribution in [0.1, 0.15) is 36.8 Å². The molecular weight excluding hydrogens is 397 g/mol. The van der Waals surface area contributed by atoms with Gasteiger partial charge in [0.05, 0.1) is 11.9 Å². The van der Waals surface area contributed by atoms with E-state index in [1.54, 1.807) is 31.4 Å². The fourth-order valence-electron chi connectivity index (χ4n) is 3.48. The van der Waals surface area contributed by atoms with E-state index in [2.05, 4.69) is 20.3 Å². The predicted octanol–water partition coefficient (Wildman–Crippen LogP) is 3.55. The summed E-state index contributed by atoms with van der Waals surface area (Å²) >= 11 is 0. The molecule has 3 heterocycles. The molecule has 0 spiro atoms. The van der Waals surface area contributed by atoms with E-state index in [4.69, 9.17) is 10.5 Å². The lowest BCUT2D eigenvalue weighted by atomic mass is 9.97. The zero-order valence-electron chi connectivity index (χ0n) is 17.7. The molecule has 3 aromatic heterocycles. The van der Waals surface area contributed by atoms with Crippen LogP contribution in [0.5, 0.6) is 5.75 Å². The molecule has 9 heteroatoms. The smallest absolute Gasteiger partial charge is 0.166 e. The van der Waals surface area contributed by atoms with Gasteiger partial charge in [0.25, 0.3) is 0 Å². The Bertz CT molecular complexity index is 1200. The summed E-state index contributed by atoms with van der Waals surface area (Å²) < 4.78 is 22.1. The molecule has 4 rings (SSSR count). The molecule has 0 fully saturated rings. The van der Waals surface area contributed by atoms with Gasteiger partial charge in [-0.1, -0.05) is 0 Å². The maximum Gasteiger partial charge on any atom is 0.166 e. The van der Waals surface area contributed by atoms with Crippen molar-refractivity contribution in [1.29, 1.82) is 0 Å². The summed E-state index contributed by atoms with van der Waals surface area (Å²) in [5.74, 6) is 0.361. The van der Waals surface area contributed by atoms with Gasteiger partial charge in [0, 0.05) is 43.5 Å². The first-order valence-electron chi connectivity index (χ1n) is 10.0. The van der Waals surface area contributed by atoms with Crippen molar-refractivity contribution in [3.63, 3.8) is 0 Å². The number of anilines is 1. The molecule has 0 bridgehead atoms. The van der Waals surface area contributed by atoms with Crippen LogP contribution in [0.2, 0.25) is 0 Å². The first-order chi connectivity index (χ1) is 14.9. The number of nitrogen functional groups attached to an aromatic ring is 1. The molecule has 0 saturated carbocycles. The Labute approximate surface area is 179 Å². The van der Waals surface area contributed by atoms with Crippen molar-refractivity contribution in [2.24, 2.45) is 7.05 Å². The number of rotatable bonds is 7. The van der Waals surface area contributed by atoms with Crippen molar-refractivity contribution in [3.8, 4) is 17.0 Å². The summed E-state index contributed by atoms with van der Waals surface area (Å²) in [6.45, 7) is 4.67. The van der Waals surface area contributed by atoms with E-state index in [1.807, 2.05) is 30.9 Å². The molecule has 0 saturated heterocycles. The number of nitrogens with two attached hydrogens (primary N) is 1. The average molecular weight is 421 g/mol. The zero-order valence-corrected chi connectivity index (χ0v) is 17.7. The zero-order chi connectivity index (χ0) is 22.0. The Kier molecular flexibility index (Phi) is 5.66. The third-order valence-corrected chi connectivity index (χ3v) is 4.98. The van der Waals surface area contributed by atoms with Crippen molar-refractivity contribution >= 4 is 5.82 Å². The number of ether oxygens (including phenoxy) is 1. The minimum Gasteiger partial charge on any atom is -0.482 e. The van der Waals surface area contributed by atoms with E-state index in [9.17, 15) is 4.39 Å². The summed E-state index contributed by atoms with van der Waals surface area (Å²) in [7, 11) is 1.77. The number of pyridine rings is 1. The van der Waals surface area contributed by atoms with Gasteiger partial charge >= 0.3 is 0 Å². The second-order valence-electron chi connectivity index (χ2n) is 7.24. The lowest BCUT2D eigenvalue weighted by molar-refractivity contribution is 0.227. The van der Waals surface area contributed by atoms with Crippen molar-refractivity contribution < 1.29 is 9.13 Å². The predicted molar refractivity (Wildman–Crippen MR) is 115 cm³/mol. The molecule has 160 valence electrons. The Morgan fingerprint density at radius 2 is 2.06 bits per heavy atom. The van der Waals surface area contributed by atoms with E-state index in [0.717, 1.165) is 23.4 Å². The first-order valence-corrected chi connectivity index (χ1v) is 10.0. The fourth-order valence-corrected chi connectivity index (χ4v) is 3.48. The number of nitrogens with zero attached hydrogens (tertiary/aromatic N) is 6. The SMILES string of the molecule is CCn1cc(Cc2nn(C)nc2-c2ccc(F)cc2[C@@H](C)Oc2cccnc2N)cn1. The molecule has 2 N–H and O–H groups in total. The lowest BCUT2D eigenvalue weighted by Gasteiger charge is -2.19. The molecule has 0 unspecified atom stereocenters. The topological polar surface area (TPSA) is 96.7 Å². The van der Waals surface area contributed by atoms with Crippen LogP contribution in [-0.4, -0.2) is 29.8 Å². The Balaban J connectivity index is 1.71. The number of halogens is 1. The molecule has 0 aliphatic carbocycles. The van der Waals surface area contributed by atoms with Crippen molar-refractivity contribution in [2.45, 2.75) is 32.9 Å². The van der Waals surface area contributed by atoms with Gasteiger partial charge in [-0.05, 0) is 49.7 Å². The highest BCUT2D eigenvalue weighted by Gasteiger charge is 2.21. The van der Waals surface area contributed by atoms with Gasteiger partial charge in [-0.2, -0.15) is 20.1 Å². The van der Waals surface area contributed by atoms with Crippen LogP contribution in [0, 0.1) is 5.82 Å².